The summed E-state index contributed by atoms with van der Waals surface area (Å²) in [6.07, 6.45) is 4.34. The summed E-state index contributed by atoms with van der Waals surface area (Å²) in [6.45, 7) is 6.88. The molecule has 204 valence electrons. The van der Waals surface area contributed by atoms with Crippen molar-refractivity contribution in [3.05, 3.63) is 36.0 Å². The van der Waals surface area contributed by atoms with Crippen LogP contribution in [0.5, 0.6) is 0 Å². The van der Waals surface area contributed by atoms with Crippen LogP contribution >= 0.6 is 11.8 Å². The van der Waals surface area contributed by atoms with Crippen molar-refractivity contribution in [3.63, 3.8) is 0 Å². The predicted octanol–water partition coefficient (Wildman–Crippen LogP) is 1.64. The molecule has 1 aromatic heterocycles. The Labute approximate surface area is 221 Å². The van der Waals surface area contributed by atoms with Crippen molar-refractivity contribution >= 4 is 46.4 Å². The first-order valence-corrected chi connectivity index (χ1v) is 13.8. The van der Waals surface area contributed by atoms with Gasteiger partial charge >= 0.3 is 5.97 Å². The Morgan fingerprint density at radius 1 is 0.946 bits per heavy atom. The number of nitrogens with one attached hydrogen (secondary N) is 4. The number of hydrogen-bond acceptors (Lipinski definition) is 6. The van der Waals surface area contributed by atoms with E-state index in [4.69, 9.17) is 5.73 Å². The molecule has 0 fully saturated rings. The van der Waals surface area contributed by atoms with E-state index in [9.17, 15) is 24.3 Å². The van der Waals surface area contributed by atoms with Crippen LogP contribution < -0.4 is 21.7 Å². The van der Waals surface area contributed by atoms with Crippen LogP contribution in [-0.4, -0.2) is 70.0 Å². The zero-order valence-corrected chi connectivity index (χ0v) is 22.9. The molecule has 0 aliphatic rings. The SMILES string of the molecule is CSCCC(NC(=O)C(N)Cc1c[nH]c2ccccc12)C(=O)NC(C(=O)NC(C(=O)O)C(C)C)C(C)C. The molecule has 0 aliphatic carbocycles. The molecule has 0 saturated heterocycles. The van der Waals surface area contributed by atoms with Gasteiger partial charge in [-0.1, -0.05) is 45.9 Å². The first-order valence-electron chi connectivity index (χ1n) is 12.4. The number of nitrogens with two attached hydrogens (primary N) is 1. The minimum Gasteiger partial charge on any atom is -0.480 e. The molecule has 0 aliphatic heterocycles. The molecular weight excluding hydrogens is 494 g/mol. The molecule has 3 amide bonds. The molecule has 11 heteroatoms. The van der Waals surface area contributed by atoms with E-state index in [1.807, 2.05) is 36.7 Å². The highest BCUT2D eigenvalue weighted by molar-refractivity contribution is 7.98. The molecule has 1 aromatic carbocycles. The second-order valence-electron chi connectivity index (χ2n) is 9.81. The van der Waals surface area contributed by atoms with Gasteiger partial charge in [0.1, 0.15) is 18.1 Å². The van der Waals surface area contributed by atoms with Gasteiger partial charge in [0.2, 0.25) is 17.7 Å². The summed E-state index contributed by atoms with van der Waals surface area (Å²) in [6, 6.07) is 3.88. The average Bonchev–Trinajstić information content (AvgIpc) is 3.25. The maximum atomic E-state index is 13.2. The maximum absolute atomic E-state index is 13.2. The summed E-state index contributed by atoms with van der Waals surface area (Å²) in [5.74, 6) is -2.77. The number of carboxylic acids is 1. The van der Waals surface area contributed by atoms with Gasteiger partial charge in [-0.25, -0.2) is 4.79 Å². The largest absolute Gasteiger partial charge is 0.480 e. The molecule has 1 heterocycles. The summed E-state index contributed by atoms with van der Waals surface area (Å²) >= 11 is 1.52. The highest BCUT2D eigenvalue weighted by Crippen LogP contribution is 2.19. The Bertz CT molecular complexity index is 1090. The predicted molar refractivity (Wildman–Crippen MR) is 146 cm³/mol. The molecule has 2 aromatic rings. The van der Waals surface area contributed by atoms with Gasteiger partial charge in [0.05, 0.1) is 6.04 Å². The fourth-order valence-corrected chi connectivity index (χ4v) is 4.43. The van der Waals surface area contributed by atoms with E-state index >= 15 is 0 Å². The van der Waals surface area contributed by atoms with Gasteiger partial charge in [-0.3, -0.25) is 14.4 Å². The number of amides is 3. The smallest absolute Gasteiger partial charge is 0.326 e. The first-order chi connectivity index (χ1) is 17.5. The van der Waals surface area contributed by atoms with E-state index in [1.54, 1.807) is 27.7 Å². The highest BCUT2D eigenvalue weighted by atomic mass is 32.2. The summed E-state index contributed by atoms with van der Waals surface area (Å²) in [5, 5.41) is 18.4. The van der Waals surface area contributed by atoms with Crippen LogP contribution in [0.25, 0.3) is 10.9 Å². The minimum absolute atomic E-state index is 0.287. The molecule has 37 heavy (non-hydrogen) atoms. The lowest BCUT2D eigenvalue weighted by atomic mass is 9.99. The maximum Gasteiger partial charge on any atom is 0.326 e. The van der Waals surface area contributed by atoms with E-state index in [2.05, 4.69) is 20.9 Å². The zero-order valence-electron chi connectivity index (χ0n) is 22.0. The number of rotatable bonds is 14. The number of carbonyl (C=O) groups is 4. The number of aromatic amines is 1. The number of H-pyrrole nitrogens is 1. The number of para-hydroxylation sites is 1. The van der Waals surface area contributed by atoms with Crippen molar-refractivity contribution in [2.45, 2.75) is 64.7 Å². The average molecular weight is 534 g/mol. The van der Waals surface area contributed by atoms with Crippen LogP contribution in [0.15, 0.2) is 30.5 Å². The number of fused-ring (bicyclic) bond motifs is 1. The Kier molecular flexibility index (Phi) is 11.4. The van der Waals surface area contributed by atoms with Gasteiger partial charge in [-0.2, -0.15) is 11.8 Å². The summed E-state index contributed by atoms with van der Waals surface area (Å²) in [7, 11) is 0. The Hall–Kier alpha value is -3.05. The van der Waals surface area contributed by atoms with E-state index < -0.39 is 47.9 Å². The molecule has 0 spiro atoms. The van der Waals surface area contributed by atoms with E-state index in [0.29, 0.717) is 12.2 Å². The number of carboxylic acid groups (broad SMARTS) is 1. The normalized spacial score (nSPS) is 14.7. The van der Waals surface area contributed by atoms with Crippen LogP contribution in [0.1, 0.15) is 39.7 Å². The van der Waals surface area contributed by atoms with Crippen molar-refractivity contribution in [1.29, 1.82) is 0 Å². The number of aliphatic carboxylic acids is 1. The van der Waals surface area contributed by atoms with Crippen molar-refractivity contribution in [2.75, 3.05) is 12.0 Å². The molecule has 4 atom stereocenters. The van der Waals surface area contributed by atoms with Crippen LogP contribution in [0.3, 0.4) is 0 Å². The van der Waals surface area contributed by atoms with Crippen molar-refractivity contribution in [2.24, 2.45) is 17.6 Å². The zero-order chi connectivity index (χ0) is 27.7. The molecule has 0 bridgehead atoms. The monoisotopic (exact) mass is 533 g/mol. The number of benzene rings is 1. The molecule has 7 N–H and O–H groups in total. The van der Waals surface area contributed by atoms with Gasteiger partial charge in [0, 0.05) is 17.1 Å². The number of aromatic nitrogens is 1. The summed E-state index contributed by atoms with van der Waals surface area (Å²) in [4.78, 5) is 53.7. The Balaban J connectivity index is 2.10. The highest BCUT2D eigenvalue weighted by Gasteiger charge is 2.32. The molecule has 10 nitrogen and oxygen atoms in total. The summed E-state index contributed by atoms with van der Waals surface area (Å²) < 4.78 is 0. The fourth-order valence-electron chi connectivity index (χ4n) is 3.96. The van der Waals surface area contributed by atoms with Crippen LogP contribution in [0, 0.1) is 11.8 Å². The second kappa shape index (κ2) is 14.0. The lowest BCUT2D eigenvalue weighted by Crippen LogP contribution is -2.59. The van der Waals surface area contributed by atoms with E-state index in [1.165, 1.54) is 11.8 Å². The minimum atomic E-state index is -1.15. The third kappa shape index (κ3) is 8.50. The van der Waals surface area contributed by atoms with E-state index in [0.717, 1.165) is 16.5 Å². The lowest BCUT2D eigenvalue weighted by Gasteiger charge is -2.27. The lowest BCUT2D eigenvalue weighted by molar-refractivity contribution is -0.143. The summed E-state index contributed by atoms with van der Waals surface area (Å²) in [5.41, 5.74) is 8.05. The molecule has 0 radical (unpaired) electrons. The molecule has 4 unspecified atom stereocenters. The third-order valence-electron chi connectivity index (χ3n) is 6.17. The van der Waals surface area contributed by atoms with Crippen LogP contribution in [0.2, 0.25) is 0 Å². The first kappa shape index (κ1) is 30.2. The topological polar surface area (TPSA) is 166 Å². The standard InChI is InChI=1S/C26H39N5O5S/c1-14(2)21(25(34)31-22(15(3)4)26(35)36)30-24(33)20(10-11-37-5)29-23(32)18(27)12-16-13-28-19-9-7-6-8-17(16)19/h6-9,13-15,18,20-22,28H,10-12,27H2,1-5H3,(H,29,32)(H,30,33)(H,31,34)(H,35,36). The second-order valence-corrected chi connectivity index (χ2v) is 10.8. The Morgan fingerprint density at radius 2 is 1.57 bits per heavy atom. The van der Waals surface area contributed by atoms with Gasteiger partial charge in [0.15, 0.2) is 0 Å². The van der Waals surface area contributed by atoms with Gasteiger partial charge in [-0.05, 0) is 48.3 Å². The number of carbonyl (C=O) groups excluding carboxylic acids is 3. The van der Waals surface area contributed by atoms with Gasteiger partial charge < -0.3 is 31.8 Å². The van der Waals surface area contributed by atoms with Crippen LogP contribution in [0.4, 0.5) is 0 Å². The number of thioether (sulfide) groups is 1. The van der Waals surface area contributed by atoms with Crippen molar-refractivity contribution < 1.29 is 24.3 Å². The van der Waals surface area contributed by atoms with Gasteiger partial charge in [0.25, 0.3) is 0 Å². The van der Waals surface area contributed by atoms with Crippen LogP contribution in [-0.2, 0) is 25.6 Å². The van der Waals surface area contributed by atoms with Gasteiger partial charge in [-0.15, -0.1) is 0 Å². The number of hydrogen-bond donors (Lipinski definition) is 6. The Morgan fingerprint density at radius 3 is 2.16 bits per heavy atom. The fraction of sp³-hybridized carbons (Fsp3) is 0.538. The molecule has 2 rings (SSSR count). The molecular formula is C26H39N5O5S. The quantitative estimate of drug-likeness (QED) is 0.215. The van der Waals surface area contributed by atoms with Crippen molar-refractivity contribution in [1.82, 2.24) is 20.9 Å². The van der Waals surface area contributed by atoms with E-state index in [-0.39, 0.29) is 18.3 Å². The van der Waals surface area contributed by atoms with Crippen molar-refractivity contribution in [3.8, 4) is 0 Å². The third-order valence-corrected chi connectivity index (χ3v) is 6.82. The molecule has 0 saturated carbocycles.